The maximum absolute atomic E-state index is 13.5. The van der Waals surface area contributed by atoms with E-state index < -0.39 is 0 Å². The second-order valence-electron chi connectivity index (χ2n) is 4.41. The second kappa shape index (κ2) is 4.30. The first-order valence-electron chi connectivity index (χ1n) is 5.85. The number of aromatic nitrogens is 2. The summed E-state index contributed by atoms with van der Waals surface area (Å²) in [5.41, 5.74) is 2.20. The molecule has 88 valence electrons. The van der Waals surface area contributed by atoms with E-state index in [-0.39, 0.29) is 5.82 Å². The summed E-state index contributed by atoms with van der Waals surface area (Å²) in [6, 6.07) is 9.25. The Labute approximate surface area is 99.1 Å². The van der Waals surface area contributed by atoms with E-state index in [4.69, 9.17) is 0 Å². The average molecular weight is 231 g/mol. The lowest BCUT2D eigenvalue weighted by Gasteiger charge is -1.98. The first-order chi connectivity index (χ1) is 8.33. The molecule has 1 aromatic carbocycles. The Hall–Kier alpha value is -1.68. The molecule has 1 aromatic heterocycles. The van der Waals surface area contributed by atoms with E-state index in [1.165, 1.54) is 18.9 Å². The Bertz CT molecular complexity index is 517. The number of nitrogens with zero attached hydrogens (tertiary/aromatic N) is 1. The average Bonchev–Trinajstić information content (AvgIpc) is 3.06. The van der Waals surface area contributed by atoms with Crippen molar-refractivity contribution >= 4 is 0 Å². The SMILES string of the molecule is Fc1ccccc1-c1cc(CNC2CC2)[nH]n1. The van der Waals surface area contributed by atoms with E-state index in [1.807, 2.05) is 12.1 Å². The van der Waals surface area contributed by atoms with Crippen molar-refractivity contribution in [1.82, 2.24) is 15.5 Å². The summed E-state index contributed by atoms with van der Waals surface area (Å²) >= 11 is 0. The van der Waals surface area contributed by atoms with E-state index in [0.29, 0.717) is 17.3 Å². The second-order valence-corrected chi connectivity index (χ2v) is 4.41. The molecule has 0 saturated heterocycles. The van der Waals surface area contributed by atoms with Gasteiger partial charge in [0.05, 0.1) is 5.69 Å². The van der Waals surface area contributed by atoms with Gasteiger partial charge >= 0.3 is 0 Å². The van der Waals surface area contributed by atoms with Crippen molar-refractivity contribution in [3.05, 3.63) is 41.8 Å². The van der Waals surface area contributed by atoms with Crippen LogP contribution in [0.4, 0.5) is 4.39 Å². The molecule has 3 nitrogen and oxygen atoms in total. The minimum atomic E-state index is -0.235. The molecule has 2 aromatic rings. The molecule has 0 atom stereocenters. The molecule has 4 heteroatoms. The third-order valence-electron chi connectivity index (χ3n) is 2.94. The zero-order chi connectivity index (χ0) is 11.7. The van der Waals surface area contributed by atoms with Crippen LogP contribution in [0.1, 0.15) is 18.5 Å². The molecule has 1 aliphatic carbocycles. The molecule has 3 rings (SSSR count). The third-order valence-corrected chi connectivity index (χ3v) is 2.94. The molecule has 2 N–H and O–H groups in total. The largest absolute Gasteiger partial charge is 0.308 e. The number of rotatable bonds is 4. The van der Waals surface area contributed by atoms with Gasteiger partial charge in [0.25, 0.3) is 0 Å². The van der Waals surface area contributed by atoms with Crippen LogP contribution in [-0.4, -0.2) is 16.2 Å². The zero-order valence-electron chi connectivity index (χ0n) is 9.41. The summed E-state index contributed by atoms with van der Waals surface area (Å²) in [4.78, 5) is 0. The van der Waals surface area contributed by atoms with Crippen molar-refractivity contribution in [2.45, 2.75) is 25.4 Å². The topological polar surface area (TPSA) is 40.7 Å². The molecule has 0 unspecified atom stereocenters. The van der Waals surface area contributed by atoms with Gasteiger partial charge in [-0.05, 0) is 31.0 Å². The van der Waals surface area contributed by atoms with Crippen LogP contribution in [0, 0.1) is 5.82 Å². The predicted octanol–water partition coefficient (Wildman–Crippen LogP) is 2.47. The van der Waals surface area contributed by atoms with Crippen LogP contribution < -0.4 is 5.32 Å². The molecule has 1 aliphatic rings. The number of hydrogen-bond donors (Lipinski definition) is 2. The zero-order valence-corrected chi connectivity index (χ0v) is 9.41. The molecule has 1 fully saturated rings. The molecule has 17 heavy (non-hydrogen) atoms. The Kier molecular flexibility index (Phi) is 2.65. The van der Waals surface area contributed by atoms with E-state index in [2.05, 4.69) is 15.5 Å². The minimum absolute atomic E-state index is 0.235. The Balaban J connectivity index is 1.77. The van der Waals surface area contributed by atoms with E-state index in [0.717, 1.165) is 12.2 Å². The molecule has 0 radical (unpaired) electrons. The van der Waals surface area contributed by atoms with E-state index >= 15 is 0 Å². The number of hydrogen-bond acceptors (Lipinski definition) is 2. The normalized spacial score (nSPS) is 15.1. The van der Waals surface area contributed by atoms with Crippen LogP contribution in [0.25, 0.3) is 11.3 Å². The first kappa shape index (κ1) is 10.5. The highest BCUT2D eigenvalue weighted by atomic mass is 19.1. The number of aromatic amines is 1. The Morgan fingerprint density at radius 2 is 2.18 bits per heavy atom. The van der Waals surface area contributed by atoms with E-state index in [9.17, 15) is 4.39 Å². The summed E-state index contributed by atoms with van der Waals surface area (Å²) in [6.45, 7) is 0.770. The van der Waals surface area contributed by atoms with Gasteiger partial charge in [0.1, 0.15) is 5.82 Å². The number of halogens is 1. The fourth-order valence-electron chi connectivity index (χ4n) is 1.80. The van der Waals surface area contributed by atoms with Gasteiger partial charge in [-0.3, -0.25) is 5.10 Å². The van der Waals surface area contributed by atoms with Gasteiger partial charge in [0, 0.05) is 23.8 Å². The van der Waals surface area contributed by atoms with Crippen molar-refractivity contribution in [1.29, 1.82) is 0 Å². The fourth-order valence-corrected chi connectivity index (χ4v) is 1.80. The monoisotopic (exact) mass is 231 g/mol. The van der Waals surface area contributed by atoms with Crippen molar-refractivity contribution in [2.24, 2.45) is 0 Å². The van der Waals surface area contributed by atoms with Gasteiger partial charge in [-0.2, -0.15) is 5.10 Å². The first-order valence-corrected chi connectivity index (χ1v) is 5.85. The number of benzene rings is 1. The Morgan fingerprint density at radius 3 is 2.94 bits per heavy atom. The van der Waals surface area contributed by atoms with Gasteiger partial charge in [-0.15, -0.1) is 0 Å². The molecule has 1 saturated carbocycles. The van der Waals surface area contributed by atoms with Gasteiger partial charge in [-0.1, -0.05) is 12.1 Å². The fraction of sp³-hybridized carbons (Fsp3) is 0.308. The minimum Gasteiger partial charge on any atom is -0.308 e. The molecular weight excluding hydrogens is 217 g/mol. The lowest BCUT2D eigenvalue weighted by molar-refractivity contribution is 0.630. The molecule has 0 spiro atoms. The van der Waals surface area contributed by atoms with Gasteiger partial charge in [0.15, 0.2) is 0 Å². The quantitative estimate of drug-likeness (QED) is 0.848. The highest BCUT2D eigenvalue weighted by molar-refractivity contribution is 5.59. The standard InChI is InChI=1S/C13H14FN3/c14-12-4-2-1-3-11(12)13-7-10(16-17-13)8-15-9-5-6-9/h1-4,7,9,15H,5-6,8H2,(H,16,17). The van der Waals surface area contributed by atoms with Crippen molar-refractivity contribution < 1.29 is 4.39 Å². The van der Waals surface area contributed by atoms with Crippen LogP contribution in [0.15, 0.2) is 30.3 Å². The van der Waals surface area contributed by atoms with Gasteiger partial charge in [-0.25, -0.2) is 4.39 Å². The molecule has 0 bridgehead atoms. The van der Waals surface area contributed by atoms with Crippen LogP contribution in [0.5, 0.6) is 0 Å². The number of H-pyrrole nitrogens is 1. The summed E-state index contributed by atoms with van der Waals surface area (Å²) in [5, 5.41) is 10.5. The van der Waals surface area contributed by atoms with Crippen molar-refractivity contribution in [3.63, 3.8) is 0 Å². The summed E-state index contributed by atoms with van der Waals surface area (Å²) in [5.74, 6) is -0.235. The molecule has 1 heterocycles. The lowest BCUT2D eigenvalue weighted by atomic mass is 10.1. The lowest BCUT2D eigenvalue weighted by Crippen LogP contribution is -2.15. The van der Waals surface area contributed by atoms with Crippen molar-refractivity contribution in [2.75, 3.05) is 0 Å². The predicted molar refractivity (Wildman–Crippen MR) is 63.8 cm³/mol. The Morgan fingerprint density at radius 1 is 1.35 bits per heavy atom. The highest BCUT2D eigenvalue weighted by Crippen LogP contribution is 2.22. The maximum atomic E-state index is 13.5. The maximum Gasteiger partial charge on any atom is 0.132 e. The van der Waals surface area contributed by atoms with Crippen LogP contribution in [0.2, 0.25) is 0 Å². The van der Waals surface area contributed by atoms with Crippen LogP contribution in [-0.2, 0) is 6.54 Å². The smallest absolute Gasteiger partial charge is 0.132 e. The molecule has 0 aliphatic heterocycles. The van der Waals surface area contributed by atoms with Crippen molar-refractivity contribution in [3.8, 4) is 11.3 Å². The number of nitrogens with one attached hydrogen (secondary N) is 2. The molecular formula is C13H14FN3. The summed E-state index contributed by atoms with van der Waals surface area (Å²) in [7, 11) is 0. The van der Waals surface area contributed by atoms with Crippen LogP contribution >= 0.6 is 0 Å². The molecule has 0 amide bonds. The van der Waals surface area contributed by atoms with E-state index in [1.54, 1.807) is 12.1 Å². The summed E-state index contributed by atoms with van der Waals surface area (Å²) in [6.07, 6.45) is 2.52. The van der Waals surface area contributed by atoms with Gasteiger partial charge in [0.2, 0.25) is 0 Å². The van der Waals surface area contributed by atoms with Gasteiger partial charge < -0.3 is 5.32 Å². The highest BCUT2D eigenvalue weighted by Gasteiger charge is 2.20. The van der Waals surface area contributed by atoms with Crippen LogP contribution in [0.3, 0.4) is 0 Å². The summed E-state index contributed by atoms with van der Waals surface area (Å²) < 4.78 is 13.5. The third kappa shape index (κ3) is 2.36.